The van der Waals surface area contributed by atoms with Gasteiger partial charge in [0.1, 0.15) is 0 Å². The van der Waals surface area contributed by atoms with Gasteiger partial charge in [-0.1, -0.05) is 35.9 Å². The molecule has 0 unspecified atom stereocenters. The first-order valence-electron chi connectivity index (χ1n) is 8.12. The first-order chi connectivity index (χ1) is 11.4. The van der Waals surface area contributed by atoms with Crippen molar-refractivity contribution in [2.45, 2.75) is 19.6 Å². The molecule has 5 heteroatoms. The molecule has 0 saturated carbocycles. The van der Waals surface area contributed by atoms with E-state index < -0.39 is 11.7 Å². The van der Waals surface area contributed by atoms with Gasteiger partial charge in [0.25, 0.3) is 0 Å². The summed E-state index contributed by atoms with van der Waals surface area (Å²) in [7, 11) is 0. The molecule has 0 N–H and O–H groups in total. The Labute approximate surface area is 140 Å². The molecule has 0 aliphatic carbocycles. The van der Waals surface area contributed by atoms with Crippen molar-refractivity contribution in [2.24, 2.45) is 0 Å². The van der Waals surface area contributed by atoms with Gasteiger partial charge in [0.15, 0.2) is 0 Å². The van der Waals surface area contributed by atoms with Crippen LogP contribution in [0.3, 0.4) is 0 Å². The summed E-state index contributed by atoms with van der Waals surface area (Å²) in [6.07, 6.45) is -4.28. The van der Waals surface area contributed by atoms with E-state index in [1.165, 1.54) is 23.4 Å². The first kappa shape index (κ1) is 16.8. The summed E-state index contributed by atoms with van der Waals surface area (Å²) in [6, 6.07) is 14.1. The molecule has 0 aromatic heterocycles. The number of piperazine rings is 1. The number of aryl methyl sites for hydroxylation is 1. The molecule has 2 aromatic rings. The van der Waals surface area contributed by atoms with Crippen molar-refractivity contribution in [1.82, 2.24) is 4.90 Å². The van der Waals surface area contributed by atoms with E-state index in [0.717, 1.165) is 32.2 Å². The monoisotopic (exact) mass is 334 g/mol. The molecular formula is C19H21F3N2. The van der Waals surface area contributed by atoms with Gasteiger partial charge in [-0.25, -0.2) is 0 Å². The molecule has 2 nitrogen and oxygen atoms in total. The van der Waals surface area contributed by atoms with Gasteiger partial charge < -0.3 is 4.90 Å². The summed E-state index contributed by atoms with van der Waals surface area (Å²) in [4.78, 5) is 4.53. The molecule has 1 fully saturated rings. The lowest BCUT2D eigenvalue weighted by Gasteiger charge is -2.36. The van der Waals surface area contributed by atoms with Crippen LogP contribution >= 0.6 is 0 Å². The molecule has 3 rings (SSSR count). The maximum absolute atomic E-state index is 12.8. The Hall–Kier alpha value is -2.01. The normalized spacial score (nSPS) is 16.4. The van der Waals surface area contributed by atoms with Gasteiger partial charge in [0.2, 0.25) is 0 Å². The lowest BCUT2D eigenvalue weighted by atomic mass is 10.1. The van der Waals surface area contributed by atoms with Crippen molar-refractivity contribution in [2.75, 3.05) is 31.1 Å². The third-order valence-electron chi connectivity index (χ3n) is 4.43. The molecule has 24 heavy (non-hydrogen) atoms. The molecule has 0 spiro atoms. The van der Waals surface area contributed by atoms with Crippen LogP contribution in [0.15, 0.2) is 48.5 Å². The van der Waals surface area contributed by atoms with Crippen molar-refractivity contribution < 1.29 is 13.2 Å². The van der Waals surface area contributed by atoms with E-state index >= 15 is 0 Å². The lowest BCUT2D eigenvalue weighted by Crippen LogP contribution is -2.45. The van der Waals surface area contributed by atoms with Gasteiger partial charge in [0.05, 0.1) is 5.56 Å². The fraction of sp³-hybridized carbons (Fsp3) is 0.368. The van der Waals surface area contributed by atoms with E-state index in [9.17, 15) is 13.2 Å². The molecule has 0 atom stereocenters. The Balaban J connectivity index is 1.58. The predicted octanol–water partition coefficient (Wildman–Crippen LogP) is 4.34. The highest BCUT2D eigenvalue weighted by atomic mass is 19.4. The van der Waals surface area contributed by atoms with Gasteiger partial charge in [-0.05, 0) is 30.7 Å². The number of nitrogens with zero attached hydrogens (tertiary/aromatic N) is 2. The average Bonchev–Trinajstić information content (AvgIpc) is 2.56. The number of halogens is 3. The number of hydrogen-bond donors (Lipinski definition) is 0. The van der Waals surface area contributed by atoms with Crippen LogP contribution in [0.2, 0.25) is 0 Å². The largest absolute Gasteiger partial charge is 0.416 e. The minimum atomic E-state index is -4.28. The smallest absolute Gasteiger partial charge is 0.369 e. The van der Waals surface area contributed by atoms with Crippen LogP contribution in [-0.4, -0.2) is 31.1 Å². The van der Waals surface area contributed by atoms with Crippen LogP contribution < -0.4 is 4.90 Å². The highest BCUT2D eigenvalue weighted by Crippen LogP contribution is 2.30. The predicted molar refractivity (Wildman–Crippen MR) is 90.1 cm³/mol. The van der Waals surface area contributed by atoms with E-state index in [1.54, 1.807) is 6.07 Å². The maximum atomic E-state index is 12.8. The second-order valence-corrected chi connectivity index (χ2v) is 6.30. The number of benzene rings is 2. The third kappa shape index (κ3) is 4.09. The quantitative estimate of drug-likeness (QED) is 0.824. The minimum absolute atomic E-state index is 0.561. The summed E-state index contributed by atoms with van der Waals surface area (Å²) in [5.41, 5.74) is 2.59. The molecule has 0 amide bonds. The summed E-state index contributed by atoms with van der Waals surface area (Å²) in [5.74, 6) is 0. The van der Waals surface area contributed by atoms with Gasteiger partial charge >= 0.3 is 6.18 Å². The van der Waals surface area contributed by atoms with Crippen LogP contribution in [0.25, 0.3) is 0 Å². The summed E-state index contributed by atoms with van der Waals surface area (Å²) in [6.45, 7) is 6.11. The summed E-state index contributed by atoms with van der Waals surface area (Å²) in [5, 5.41) is 0. The fourth-order valence-corrected chi connectivity index (χ4v) is 3.02. The minimum Gasteiger partial charge on any atom is -0.369 e. The number of rotatable bonds is 3. The Bertz CT molecular complexity index is 672. The number of hydrogen-bond acceptors (Lipinski definition) is 2. The average molecular weight is 334 g/mol. The Morgan fingerprint density at radius 1 is 0.917 bits per heavy atom. The molecule has 1 heterocycles. The molecule has 0 bridgehead atoms. The first-order valence-corrected chi connectivity index (χ1v) is 8.12. The van der Waals surface area contributed by atoms with Gasteiger partial charge in [-0.15, -0.1) is 0 Å². The van der Waals surface area contributed by atoms with Crippen molar-refractivity contribution in [3.63, 3.8) is 0 Å². The van der Waals surface area contributed by atoms with E-state index in [1.807, 2.05) is 0 Å². The number of alkyl halides is 3. The SMILES string of the molecule is Cc1ccc(N2CCN(Cc3cccc(C(F)(F)F)c3)CC2)cc1. The van der Waals surface area contributed by atoms with Crippen molar-refractivity contribution in [1.29, 1.82) is 0 Å². The van der Waals surface area contributed by atoms with Crippen LogP contribution in [0.1, 0.15) is 16.7 Å². The van der Waals surface area contributed by atoms with E-state index in [2.05, 4.69) is 41.0 Å². The fourth-order valence-electron chi connectivity index (χ4n) is 3.02. The van der Waals surface area contributed by atoms with Crippen molar-refractivity contribution in [3.8, 4) is 0 Å². The molecule has 1 aliphatic heterocycles. The van der Waals surface area contributed by atoms with Crippen LogP contribution in [0, 0.1) is 6.92 Å². The van der Waals surface area contributed by atoms with Crippen molar-refractivity contribution in [3.05, 3.63) is 65.2 Å². The highest BCUT2D eigenvalue weighted by molar-refractivity contribution is 5.47. The zero-order valence-electron chi connectivity index (χ0n) is 13.7. The highest BCUT2D eigenvalue weighted by Gasteiger charge is 2.30. The zero-order chi connectivity index (χ0) is 17.2. The molecular weight excluding hydrogens is 313 g/mol. The van der Waals surface area contributed by atoms with Crippen LogP contribution in [0.5, 0.6) is 0 Å². The lowest BCUT2D eigenvalue weighted by molar-refractivity contribution is -0.137. The van der Waals surface area contributed by atoms with Crippen molar-refractivity contribution >= 4 is 5.69 Å². The van der Waals surface area contributed by atoms with Crippen LogP contribution in [-0.2, 0) is 12.7 Å². The molecule has 1 aliphatic rings. The van der Waals surface area contributed by atoms with E-state index in [-0.39, 0.29) is 0 Å². The standard InChI is InChI=1S/C19H21F3N2/c1-15-5-7-18(8-6-15)24-11-9-23(10-12-24)14-16-3-2-4-17(13-16)19(20,21)22/h2-8,13H,9-12,14H2,1H3. The molecule has 0 radical (unpaired) electrons. The zero-order valence-corrected chi connectivity index (χ0v) is 13.7. The second kappa shape index (κ2) is 6.85. The molecule has 1 saturated heterocycles. The van der Waals surface area contributed by atoms with Gasteiger partial charge in [-0.3, -0.25) is 4.90 Å². The molecule has 2 aromatic carbocycles. The topological polar surface area (TPSA) is 6.48 Å². The van der Waals surface area contributed by atoms with E-state index in [4.69, 9.17) is 0 Å². The second-order valence-electron chi connectivity index (χ2n) is 6.30. The van der Waals surface area contributed by atoms with Gasteiger partial charge in [0, 0.05) is 38.4 Å². The van der Waals surface area contributed by atoms with Gasteiger partial charge in [-0.2, -0.15) is 13.2 Å². The summed E-state index contributed by atoms with van der Waals surface area (Å²) < 4.78 is 38.4. The summed E-state index contributed by atoms with van der Waals surface area (Å²) >= 11 is 0. The Morgan fingerprint density at radius 2 is 1.58 bits per heavy atom. The third-order valence-corrected chi connectivity index (χ3v) is 4.43. The van der Waals surface area contributed by atoms with E-state index in [0.29, 0.717) is 12.1 Å². The maximum Gasteiger partial charge on any atom is 0.416 e. The Kier molecular flexibility index (Phi) is 4.81. The van der Waals surface area contributed by atoms with Crippen LogP contribution in [0.4, 0.5) is 18.9 Å². The Morgan fingerprint density at radius 3 is 2.21 bits per heavy atom. The number of anilines is 1. The molecule has 128 valence electrons.